The molecule has 2 atom stereocenters. The molecule has 2 aliphatic heterocycles. The van der Waals surface area contributed by atoms with E-state index in [9.17, 15) is 13.2 Å². The Kier molecular flexibility index (Phi) is 4.73. The number of nitrogens with zero attached hydrogens (tertiary/aromatic N) is 1. The van der Waals surface area contributed by atoms with E-state index in [1.54, 1.807) is 0 Å². The fraction of sp³-hybridized carbons (Fsp3) is 0.400. The lowest BCUT2D eigenvalue weighted by Gasteiger charge is -2.20. The van der Waals surface area contributed by atoms with Gasteiger partial charge in [-0.15, -0.1) is 0 Å². The van der Waals surface area contributed by atoms with E-state index in [-0.39, 0.29) is 0 Å². The zero-order valence-corrected chi connectivity index (χ0v) is 14.2. The fourth-order valence-corrected chi connectivity index (χ4v) is 3.04. The maximum atomic E-state index is 12.7. The Hall–Kier alpha value is -1.89. The minimum atomic E-state index is -4.30. The molecule has 0 spiro atoms. The summed E-state index contributed by atoms with van der Waals surface area (Å²) in [6, 6.07) is 13.2. The highest BCUT2D eigenvalue weighted by Gasteiger charge is 2.31. The molecule has 0 aromatic heterocycles. The van der Waals surface area contributed by atoms with Crippen molar-refractivity contribution in [1.29, 1.82) is 0 Å². The zero-order valence-electron chi connectivity index (χ0n) is 14.2. The van der Waals surface area contributed by atoms with Gasteiger partial charge in [-0.3, -0.25) is 4.90 Å². The van der Waals surface area contributed by atoms with Crippen molar-refractivity contribution < 1.29 is 22.6 Å². The van der Waals surface area contributed by atoms with Crippen LogP contribution in [-0.4, -0.2) is 43.4 Å². The molecule has 138 valence electrons. The van der Waals surface area contributed by atoms with Crippen LogP contribution in [0.15, 0.2) is 48.5 Å². The van der Waals surface area contributed by atoms with Crippen molar-refractivity contribution in [3.05, 3.63) is 59.7 Å². The number of hydrogen-bond donors (Lipinski definition) is 0. The van der Waals surface area contributed by atoms with Gasteiger partial charge in [0.25, 0.3) is 0 Å². The molecule has 2 aromatic carbocycles. The number of rotatable bonds is 7. The first-order valence-electron chi connectivity index (χ1n) is 8.69. The van der Waals surface area contributed by atoms with Gasteiger partial charge in [-0.25, -0.2) is 0 Å². The van der Waals surface area contributed by atoms with Gasteiger partial charge < -0.3 is 9.47 Å². The summed E-state index contributed by atoms with van der Waals surface area (Å²) in [7, 11) is 0. The molecule has 4 rings (SSSR count). The summed E-state index contributed by atoms with van der Waals surface area (Å²) < 4.78 is 48.6. The van der Waals surface area contributed by atoms with Crippen LogP contribution in [0, 0.1) is 0 Å². The second-order valence-corrected chi connectivity index (χ2v) is 6.88. The molecule has 0 amide bonds. The first kappa shape index (κ1) is 17.5. The maximum absolute atomic E-state index is 12.7. The first-order chi connectivity index (χ1) is 12.5. The van der Waals surface area contributed by atoms with Crippen molar-refractivity contribution >= 4 is 0 Å². The van der Waals surface area contributed by atoms with Crippen LogP contribution in [0.3, 0.4) is 0 Å². The molecule has 2 fully saturated rings. The SMILES string of the molecule is FC(F)(F)c1ccc(-c2ccc(CN(CC3CO3)CC3CO3)cc2)cc1. The van der Waals surface area contributed by atoms with Gasteiger partial charge in [0, 0.05) is 19.6 Å². The molecule has 2 unspecified atom stereocenters. The molecule has 0 N–H and O–H groups in total. The molecule has 26 heavy (non-hydrogen) atoms. The van der Waals surface area contributed by atoms with Crippen molar-refractivity contribution in [2.75, 3.05) is 26.3 Å². The molecule has 0 aliphatic carbocycles. The number of epoxide rings is 2. The van der Waals surface area contributed by atoms with E-state index in [2.05, 4.69) is 4.90 Å². The molecule has 2 aromatic rings. The zero-order chi connectivity index (χ0) is 18.1. The van der Waals surface area contributed by atoms with Crippen LogP contribution in [0.25, 0.3) is 11.1 Å². The van der Waals surface area contributed by atoms with Gasteiger partial charge in [0.2, 0.25) is 0 Å². The Labute approximate surface area is 150 Å². The van der Waals surface area contributed by atoms with Crippen molar-refractivity contribution in [3.8, 4) is 11.1 Å². The summed E-state index contributed by atoms with van der Waals surface area (Å²) >= 11 is 0. The number of ether oxygens (including phenoxy) is 2. The van der Waals surface area contributed by atoms with E-state index in [0.29, 0.717) is 12.2 Å². The topological polar surface area (TPSA) is 28.3 Å². The Morgan fingerprint density at radius 3 is 1.69 bits per heavy atom. The standard InChI is InChI=1S/C20H20F3NO2/c21-20(22,23)17-7-5-16(6-8-17)15-3-1-14(2-4-15)9-24(10-18-12-25-18)11-19-13-26-19/h1-8,18-19H,9-13H2. The summed E-state index contributed by atoms with van der Waals surface area (Å²) in [4.78, 5) is 2.34. The molecule has 0 saturated carbocycles. The van der Waals surface area contributed by atoms with Crippen LogP contribution in [-0.2, 0) is 22.2 Å². The quantitative estimate of drug-likeness (QED) is 0.697. The number of halogens is 3. The Bertz CT molecular complexity index is 721. The third-order valence-corrected chi connectivity index (χ3v) is 4.63. The van der Waals surface area contributed by atoms with Gasteiger partial charge in [0.05, 0.1) is 31.0 Å². The molecule has 2 aliphatic rings. The van der Waals surface area contributed by atoms with Crippen LogP contribution in [0.5, 0.6) is 0 Å². The average Bonchev–Trinajstić information content (AvgIpc) is 3.52. The van der Waals surface area contributed by atoms with Crippen molar-refractivity contribution in [2.45, 2.75) is 24.9 Å². The fourth-order valence-electron chi connectivity index (χ4n) is 3.04. The molecular weight excluding hydrogens is 343 g/mol. The van der Waals surface area contributed by atoms with E-state index in [1.807, 2.05) is 24.3 Å². The minimum Gasteiger partial charge on any atom is -0.372 e. The smallest absolute Gasteiger partial charge is 0.372 e. The molecule has 0 bridgehead atoms. The highest BCUT2D eigenvalue weighted by Crippen LogP contribution is 2.31. The van der Waals surface area contributed by atoms with E-state index in [4.69, 9.17) is 9.47 Å². The van der Waals surface area contributed by atoms with E-state index < -0.39 is 11.7 Å². The predicted octanol–water partition coefficient (Wildman–Crippen LogP) is 3.97. The van der Waals surface area contributed by atoms with Gasteiger partial charge in [0.15, 0.2) is 0 Å². The molecule has 3 nitrogen and oxygen atoms in total. The highest BCUT2D eigenvalue weighted by atomic mass is 19.4. The lowest BCUT2D eigenvalue weighted by molar-refractivity contribution is -0.137. The Morgan fingerprint density at radius 1 is 0.808 bits per heavy atom. The van der Waals surface area contributed by atoms with Gasteiger partial charge in [-0.2, -0.15) is 13.2 Å². The summed E-state index contributed by atoms with van der Waals surface area (Å²) in [5, 5.41) is 0. The normalized spacial score (nSPS) is 21.8. The van der Waals surface area contributed by atoms with Crippen LogP contribution in [0.4, 0.5) is 13.2 Å². The third kappa shape index (κ3) is 4.63. The lowest BCUT2D eigenvalue weighted by atomic mass is 10.0. The second-order valence-electron chi connectivity index (χ2n) is 6.88. The Morgan fingerprint density at radius 2 is 1.27 bits per heavy atom. The average molecular weight is 363 g/mol. The summed E-state index contributed by atoms with van der Waals surface area (Å²) in [6.07, 6.45) is -3.64. The monoisotopic (exact) mass is 363 g/mol. The van der Waals surface area contributed by atoms with E-state index in [1.165, 1.54) is 17.7 Å². The van der Waals surface area contributed by atoms with Gasteiger partial charge in [-0.05, 0) is 28.8 Å². The molecule has 2 heterocycles. The molecule has 0 radical (unpaired) electrons. The maximum Gasteiger partial charge on any atom is 0.416 e. The first-order valence-corrected chi connectivity index (χ1v) is 8.69. The van der Waals surface area contributed by atoms with E-state index in [0.717, 1.165) is 56.1 Å². The van der Waals surface area contributed by atoms with E-state index >= 15 is 0 Å². The number of hydrogen-bond acceptors (Lipinski definition) is 3. The second kappa shape index (κ2) is 7.02. The van der Waals surface area contributed by atoms with Crippen molar-refractivity contribution in [1.82, 2.24) is 4.90 Å². The number of benzene rings is 2. The van der Waals surface area contributed by atoms with Crippen LogP contribution >= 0.6 is 0 Å². The van der Waals surface area contributed by atoms with Crippen LogP contribution in [0.1, 0.15) is 11.1 Å². The lowest BCUT2D eigenvalue weighted by Crippen LogP contribution is -2.31. The van der Waals surface area contributed by atoms with Crippen LogP contribution < -0.4 is 0 Å². The summed E-state index contributed by atoms with van der Waals surface area (Å²) in [6.45, 7) is 4.28. The summed E-state index contributed by atoms with van der Waals surface area (Å²) in [5.74, 6) is 0. The van der Waals surface area contributed by atoms with Crippen LogP contribution in [0.2, 0.25) is 0 Å². The highest BCUT2D eigenvalue weighted by molar-refractivity contribution is 5.64. The molecule has 2 saturated heterocycles. The van der Waals surface area contributed by atoms with Gasteiger partial charge in [-0.1, -0.05) is 36.4 Å². The van der Waals surface area contributed by atoms with Gasteiger partial charge >= 0.3 is 6.18 Å². The minimum absolute atomic E-state index is 0.333. The number of alkyl halides is 3. The third-order valence-electron chi connectivity index (χ3n) is 4.63. The van der Waals surface area contributed by atoms with Gasteiger partial charge in [0.1, 0.15) is 0 Å². The van der Waals surface area contributed by atoms with Crippen molar-refractivity contribution in [2.24, 2.45) is 0 Å². The molecule has 6 heteroatoms. The largest absolute Gasteiger partial charge is 0.416 e. The summed E-state index contributed by atoms with van der Waals surface area (Å²) in [5.41, 5.74) is 2.23. The predicted molar refractivity (Wildman–Crippen MR) is 91.6 cm³/mol. The Balaban J connectivity index is 1.42. The molecular formula is C20H20F3NO2. The van der Waals surface area contributed by atoms with Crippen molar-refractivity contribution in [3.63, 3.8) is 0 Å².